The summed E-state index contributed by atoms with van der Waals surface area (Å²) in [5, 5.41) is 11.1. The van der Waals surface area contributed by atoms with Gasteiger partial charge in [-0.1, -0.05) is 12.7 Å². The molecule has 7 nitrogen and oxygen atoms in total. The molecule has 2 N–H and O–H groups in total. The number of nitro groups is 1. The fourth-order valence-electron chi connectivity index (χ4n) is 1.89. The van der Waals surface area contributed by atoms with E-state index in [0.29, 0.717) is 17.9 Å². The fourth-order valence-corrected chi connectivity index (χ4v) is 1.89. The molecule has 21 heavy (non-hydrogen) atoms. The number of benzene rings is 1. The van der Waals surface area contributed by atoms with Crippen molar-refractivity contribution < 1.29 is 19.2 Å². The van der Waals surface area contributed by atoms with Gasteiger partial charge in [-0.2, -0.15) is 0 Å². The van der Waals surface area contributed by atoms with Crippen molar-refractivity contribution in [2.24, 2.45) is 5.73 Å². The normalized spacial score (nSPS) is 10.8. The maximum Gasteiger partial charge on any atom is 0.405 e. The zero-order valence-electron chi connectivity index (χ0n) is 12.0. The van der Waals surface area contributed by atoms with Gasteiger partial charge >= 0.3 is 6.09 Å². The Kier molecular flexibility index (Phi) is 5.29. The molecule has 0 saturated heterocycles. The molecule has 1 aromatic rings. The first kappa shape index (κ1) is 16.5. The van der Waals surface area contributed by atoms with E-state index >= 15 is 0 Å². The van der Waals surface area contributed by atoms with Crippen LogP contribution in [0.1, 0.15) is 19.4 Å². The van der Waals surface area contributed by atoms with Gasteiger partial charge in [0.05, 0.1) is 4.92 Å². The van der Waals surface area contributed by atoms with Crippen LogP contribution in [0.4, 0.5) is 10.5 Å². The molecule has 0 spiro atoms. The maximum atomic E-state index is 11.1. The van der Waals surface area contributed by atoms with Gasteiger partial charge in [0.25, 0.3) is 5.69 Å². The quantitative estimate of drug-likeness (QED) is 0.472. The lowest BCUT2D eigenvalue weighted by Crippen LogP contribution is -2.33. The van der Waals surface area contributed by atoms with Gasteiger partial charge in [-0.15, -0.1) is 0 Å². The molecule has 1 rings (SSSR count). The lowest BCUT2D eigenvalue weighted by atomic mass is 9.97. The van der Waals surface area contributed by atoms with E-state index in [-0.39, 0.29) is 12.1 Å². The van der Waals surface area contributed by atoms with Crippen molar-refractivity contribution in [1.29, 1.82) is 0 Å². The van der Waals surface area contributed by atoms with Crippen molar-refractivity contribution in [3.8, 4) is 5.75 Å². The SMILES string of the molecule is C=CCOc1ccc([N+](=O)[O-])c(CC(C)(C)OC(N)=O)c1. The number of primary amides is 1. The summed E-state index contributed by atoms with van der Waals surface area (Å²) in [6, 6.07) is 4.41. The predicted molar refractivity (Wildman–Crippen MR) is 77.2 cm³/mol. The van der Waals surface area contributed by atoms with Gasteiger partial charge in [0.1, 0.15) is 18.0 Å². The Balaban J connectivity index is 3.08. The van der Waals surface area contributed by atoms with Gasteiger partial charge in [-0.3, -0.25) is 10.1 Å². The largest absolute Gasteiger partial charge is 0.490 e. The molecular formula is C14H18N2O5. The predicted octanol–water partition coefficient (Wildman–Crippen LogP) is 2.58. The molecule has 0 atom stereocenters. The standard InChI is InChI=1S/C14H18N2O5/c1-4-7-20-11-5-6-12(16(18)19)10(8-11)9-14(2,3)21-13(15)17/h4-6,8H,1,7,9H2,2-3H3,(H2,15,17). The van der Waals surface area contributed by atoms with E-state index in [9.17, 15) is 14.9 Å². The minimum Gasteiger partial charge on any atom is -0.490 e. The average Bonchev–Trinajstić information content (AvgIpc) is 2.33. The third-order valence-electron chi connectivity index (χ3n) is 2.61. The minimum atomic E-state index is -0.965. The summed E-state index contributed by atoms with van der Waals surface area (Å²) in [6.07, 6.45) is 0.778. The number of carbonyl (C=O) groups excluding carboxylic acids is 1. The number of ether oxygens (including phenoxy) is 2. The van der Waals surface area contributed by atoms with Crippen LogP contribution in [-0.4, -0.2) is 23.2 Å². The number of amides is 1. The monoisotopic (exact) mass is 294 g/mol. The van der Waals surface area contributed by atoms with Crippen LogP contribution in [0, 0.1) is 10.1 Å². The van der Waals surface area contributed by atoms with Crippen LogP contribution in [0.15, 0.2) is 30.9 Å². The van der Waals surface area contributed by atoms with Gasteiger partial charge in [0.2, 0.25) is 0 Å². The van der Waals surface area contributed by atoms with Crippen LogP contribution in [0.3, 0.4) is 0 Å². The summed E-state index contributed by atoms with van der Waals surface area (Å²) in [5.74, 6) is 0.477. The Morgan fingerprint density at radius 2 is 2.19 bits per heavy atom. The smallest absolute Gasteiger partial charge is 0.405 e. The molecular weight excluding hydrogens is 276 g/mol. The average molecular weight is 294 g/mol. The van der Waals surface area contributed by atoms with Gasteiger partial charge in [0, 0.05) is 18.1 Å². The highest BCUT2D eigenvalue weighted by atomic mass is 16.6. The third kappa shape index (κ3) is 5.13. The highest BCUT2D eigenvalue weighted by Crippen LogP contribution is 2.28. The molecule has 0 aliphatic rings. The lowest BCUT2D eigenvalue weighted by Gasteiger charge is -2.24. The first-order valence-electron chi connectivity index (χ1n) is 6.24. The van der Waals surface area contributed by atoms with Gasteiger partial charge in [-0.25, -0.2) is 4.79 Å². The summed E-state index contributed by atoms with van der Waals surface area (Å²) in [4.78, 5) is 21.4. The Bertz CT molecular complexity index is 554. The molecule has 0 bridgehead atoms. The van der Waals surface area contributed by atoms with Crippen molar-refractivity contribution in [2.45, 2.75) is 25.9 Å². The molecule has 1 aromatic carbocycles. The third-order valence-corrected chi connectivity index (χ3v) is 2.61. The van der Waals surface area contributed by atoms with Crippen LogP contribution in [-0.2, 0) is 11.2 Å². The number of rotatable bonds is 7. The summed E-state index contributed by atoms with van der Waals surface area (Å²) < 4.78 is 10.3. The molecule has 114 valence electrons. The number of hydrogen-bond donors (Lipinski definition) is 1. The van der Waals surface area contributed by atoms with Crippen LogP contribution in [0.5, 0.6) is 5.75 Å². The molecule has 0 aromatic heterocycles. The van der Waals surface area contributed by atoms with Crippen molar-refractivity contribution in [3.63, 3.8) is 0 Å². The second-order valence-corrected chi connectivity index (χ2v) is 5.00. The van der Waals surface area contributed by atoms with Crippen LogP contribution >= 0.6 is 0 Å². The summed E-state index contributed by atoms with van der Waals surface area (Å²) in [5.41, 5.74) is 4.36. The van der Waals surface area contributed by atoms with Crippen LogP contribution in [0.25, 0.3) is 0 Å². The second kappa shape index (κ2) is 6.74. The summed E-state index contributed by atoms with van der Waals surface area (Å²) in [7, 11) is 0. The Labute approximate surface area is 122 Å². The van der Waals surface area contributed by atoms with Gasteiger partial charge in [-0.05, 0) is 26.0 Å². The molecule has 0 aliphatic heterocycles. The van der Waals surface area contributed by atoms with E-state index in [4.69, 9.17) is 15.2 Å². The van der Waals surface area contributed by atoms with Gasteiger partial charge < -0.3 is 15.2 Å². The van der Waals surface area contributed by atoms with E-state index in [0.717, 1.165) is 0 Å². The topological polar surface area (TPSA) is 105 Å². The number of nitro benzene ring substituents is 1. The molecule has 0 heterocycles. The number of nitrogens with two attached hydrogens (primary N) is 1. The summed E-state index contributed by atoms with van der Waals surface area (Å²) in [6.45, 7) is 7.07. The van der Waals surface area contributed by atoms with E-state index in [1.54, 1.807) is 26.0 Å². The Morgan fingerprint density at radius 3 is 2.71 bits per heavy atom. The number of nitrogens with zero attached hydrogens (tertiary/aromatic N) is 1. The second-order valence-electron chi connectivity index (χ2n) is 5.00. The van der Waals surface area contributed by atoms with Crippen LogP contribution < -0.4 is 10.5 Å². The van der Waals surface area contributed by atoms with E-state index in [1.807, 2.05) is 0 Å². The van der Waals surface area contributed by atoms with E-state index in [2.05, 4.69) is 6.58 Å². The van der Waals surface area contributed by atoms with Crippen molar-refractivity contribution >= 4 is 11.8 Å². The first-order chi connectivity index (χ1) is 9.75. The summed E-state index contributed by atoms with van der Waals surface area (Å²) >= 11 is 0. The Hall–Kier alpha value is -2.57. The molecule has 1 amide bonds. The van der Waals surface area contributed by atoms with E-state index in [1.165, 1.54) is 12.1 Å². The van der Waals surface area contributed by atoms with E-state index < -0.39 is 16.6 Å². The number of carbonyl (C=O) groups is 1. The Morgan fingerprint density at radius 1 is 1.52 bits per heavy atom. The zero-order chi connectivity index (χ0) is 16.0. The molecule has 0 saturated carbocycles. The van der Waals surface area contributed by atoms with Crippen molar-refractivity contribution in [2.75, 3.05) is 6.61 Å². The molecule has 7 heteroatoms. The van der Waals surface area contributed by atoms with Crippen molar-refractivity contribution in [1.82, 2.24) is 0 Å². The first-order valence-corrected chi connectivity index (χ1v) is 6.24. The minimum absolute atomic E-state index is 0.0675. The van der Waals surface area contributed by atoms with Gasteiger partial charge in [0.15, 0.2) is 0 Å². The van der Waals surface area contributed by atoms with Crippen LogP contribution in [0.2, 0.25) is 0 Å². The zero-order valence-corrected chi connectivity index (χ0v) is 12.0. The lowest BCUT2D eigenvalue weighted by molar-refractivity contribution is -0.385. The number of hydrogen-bond acceptors (Lipinski definition) is 5. The van der Waals surface area contributed by atoms with Crippen molar-refractivity contribution in [3.05, 3.63) is 46.5 Å². The molecule has 0 unspecified atom stereocenters. The highest BCUT2D eigenvalue weighted by Gasteiger charge is 2.27. The molecule has 0 radical (unpaired) electrons. The maximum absolute atomic E-state index is 11.1. The molecule has 0 aliphatic carbocycles. The highest BCUT2D eigenvalue weighted by molar-refractivity contribution is 5.65. The molecule has 0 fully saturated rings. The fraction of sp³-hybridized carbons (Fsp3) is 0.357.